The van der Waals surface area contributed by atoms with Crippen LogP contribution in [0.4, 0.5) is 0 Å². The lowest BCUT2D eigenvalue weighted by Crippen LogP contribution is -1.95. The van der Waals surface area contributed by atoms with Crippen molar-refractivity contribution in [1.29, 1.82) is 0 Å². The fraction of sp³-hybridized carbons (Fsp3) is 0.214. The third kappa shape index (κ3) is 2.93. The maximum atomic E-state index is 9.39. The summed E-state index contributed by atoms with van der Waals surface area (Å²) in [5.41, 5.74) is 1.80. The Morgan fingerprint density at radius 3 is 2.78 bits per heavy atom. The van der Waals surface area contributed by atoms with E-state index in [0.29, 0.717) is 11.6 Å². The van der Waals surface area contributed by atoms with Crippen LogP contribution in [0.15, 0.2) is 36.7 Å². The second-order valence-electron chi connectivity index (χ2n) is 3.92. The molecule has 94 valence electrons. The van der Waals surface area contributed by atoms with E-state index in [0.717, 1.165) is 23.3 Å². The fourth-order valence-corrected chi connectivity index (χ4v) is 1.74. The number of aromatic hydroxyl groups is 1. The van der Waals surface area contributed by atoms with Crippen LogP contribution in [0.1, 0.15) is 13.3 Å². The Balaban J connectivity index is 2.29. The molecule has 0 radical (unpaired) electrons. The summed E-state index contributed by atoms with van der Waals surface area (Å²) in [5, 5.41) is 9.72. The number of pyridine rings is 1. The number of aromatic nitrogens is 1. The predicted octanol–water partition coefficient (Wildman–Crippen LogP) is 3.90. The van der Waals surface area contributed by atoms with Crippen LogP contribution >= 0.6 is 11.6 Å². The summed E-state index contributed by atoms with van der Waals surface area (Å²) in [6.45, 7) is 2.72. The van der Waals surface area contributed by atoms with Crippen LogP contribution in [0.5, 0.6) is 11.5 Å². The summed E-state index contributed by atoms with van der Waals surface area (Å²) in [5.74, 6) is 0.810. The number of hydrogen-bond donors (Lipinski definition) is 1. The maximum Gasteiger partial charge on any atom is 0.138 e. The van der Waals surface area contributed by atoms with Crippen molar-refractivity contribution in [2.75, 3.05) is 6.61 Å². The summed E-state index contributed by atoms with van der Waals surface area (Å²) in [7, 11) is 0. The summed E-state index contributed by atoms with van der Waals surface area (Å²) in [6, 6.07) is 6.97. The highest BCUT2D eigenvalue weighted by Crippen LogP contribution is 2.30. The number of phenolic OH excluding ortho intramolecular Hbond substituents is 1. The molecule has 0 saturated carbocycles. The minimum atomic E-state index is 0.0757. The lowest BCUT2D eigenvalue weighted by Gasteiger charge is -2.07. The van der Waals surface area contributed by atoms with Gasteiger partial charge < -0.3 is 9.84 Å². The van der Waals surface area contributed by atoms with Crippen LogP contribution in [-0.4, -0.2) is 16.7 Å². The molecular formula is C14H14ClNO2. The largest absolute Gasteiger partial charge is 0.506 e. The zero-order valence-electron chi connectivity index (χ0n) is 10.1. The van der Waals surface area contributed by atoms with Crippen molar-refractivity contribution in [3.63, 3.8) is 0 Å². The predicted molar refractivity (Wildman–Crippen MR) is 72.1 cm³/mol. The maximum absolute atomic E-state index is 9.39. The van der Waals surface area contributed by atoms with Gasteiger partial charge in [-0.15, -0.1) is 0 Å². The first-order valence-corrected chi connectivity index (χ1v) is 6.15. The highest BCUT2D eigenvalue weighted by molar-refractivity contribution is 6.32. The van der Waals surface area contributed by atoms with Gasteiger partial charge in [0.05, 0.1) is 17.8 Å². The number of hydrogen-bond acceptors (Lipinski definition) is 3. The van der Waals surface area contributed by atoms with E-state index in [1.807, 2.05) is 6.07 Å². The van der Waals surface area contributed by atoms with Gasteiger partial charge in [0, 0.05) is 11.8 Å². The molecule has 1 aromatic carbocycles. The van der Waals surface area contributed by atoms with E-state index >= 15 is 0 Å². The van der Waals surface area contributed by atoms with E-state index in [-0.39, 0.29) is 5.75 Å². The van der Waals surface area contributed by atoms with Gasteiger partial charge in [-0.25, -0.2) is 0 Å². The van der Waals surface area contributed by atoms with Gasteiger partial charge in [0.1, 0.15) is 11.5 Å². The first-order chi connectivity index (χ1) is 8.70. The molecule has 0 aliphatic rings. The van der Waals surface area contributed by atoms with E-state index in [2.05, 4.69) is 11.9 Å². The van der Waals surface area contributed by atoms with Crippen molar-refractivity contribution in [1.82, 2.24) is 4.98 Å². The molecule has 0 bridgehead atoms. The van der Waals surface area contributed by atoms with Crippen molar-refractivity contribution in [2.45, 2.75) is 13.3 Å². The summed E-state index contributed by atoms with van der Waals surface area (Å²) in [4.78, 5) is 4.14. The molecular weight excluding hydrogens is 250 g/mol. The quantitative estimate of drug-likeness (QED) is 0.910. The van der Waals surface area contributed by atoms with Crippen molar-refractivity contribution < 1.29 is 9.84 Å². The van der Waals surface area contributed by atoms with E-state index in [4.69, 9.17) is 16.3 Å². The number of phenols is 1. The van der Waals surface area contributed by atoms with Crippen molar-refractivity contribution >= 4 is 11.6 Å². The monoisotopic (exact) mass is 263 g/mol. The molecule has 0 amide bonds. The van der Waals surface area contributed by atoms with Gasteiger partial charge in [-0.3, -0.25) is 4.98 Å². The molecule has 0 saturated heterocycles. The Bertz CT molecular complexity index is 543. The minimum Gasteiger partial charge on any atom is -0.506 e. The summed E-state index contributed by atoms with van der Waals surface area (Å²) >= 11 is 5.89. The molecule has 0 aliphatic heterocycles. The molecule has 0 aliphatic carbocycles. The van der Waals surface area contributed by atoms with Crippen LogP contribution in [0.3, 0.4) is 0 Å². The fourth-order valence-electron chi connectivity index (χ4n) is 1.56. The van der Waals surface area contributed by atoms with Crippen LogP contribution in [0, 0.1) is 0 Å². The molecule has 0 atom stereocenters. The molecule has 18 heavy (non-hydrogen) atoms. The van der Waals surface area contributed by atoms with Crippen LogP contribution < -0.4 is 4.74 Å². The Labute approximate surface area is 111 Å². The normalized spacial score (nSPS) is 10.3. The molecule has 1 aromatic heterocycles. The zero-order valence-corrected chi connectivity index (χ0v) is 10.8. The van der Waals surface area contributed by atoms with Crippen molar-refractivity contribution in [2.24, 2.45) is 0 Å². The average molecular weight is 264 g/mol. The molecule has 4 heteroatoms. The smallest absolute Gasteiger partial charge is 0.138 e. The Morgan fingerprint density at radius 2 is 2.06 bits per heavy atom. The molecule has 3 nitrogen and oxygen atoms in total. The molecule has 0 unspecified atom stereocenters. The van der Waals surface area contributed by atoms with Gasteiger partial charge in [0.25, 0.3) is 0 Å². The van der Waals surface area contributed by atoms with Gasteiger partial charge in [0.2, 0.25) is 0 Å². The van der Waals surface area contributed by atoms with E-state index in [1.54, 1.807) is 30.6 Å². The zero-order chi connectivity index (χ0) is 13.0. The number of rotatable bonds is 4. The number of halogens is 1. The molecule has 0 fully saturated rings. The van der Waals surface area contributed by atoms with Crippen molar-refractivity contribution in [3.05, 3.63) is 41.7 Å². The number of benzene rings is 1. The minimum absolute atomic E-state index is 0.0757. The second kappa shape index (κ2) is 5.74. The number of ether oxygens (including phenoxy) is 1. The second-order valence-corrected chi connectivity index (χ2v) is 4.33. The Morgan fingerprint density at radius 1 is 1.22 bits per heavy atom. The highest BCUT2D eigenvalue weighted by atomic mass is 35.5. The lowest BCUT2D eigenvalue weighted by atomic mass is 10.1. The van der Waals surface area contributed by atoms with Gasteiger partial charge in [-0.05, 0) is 30.2 Å². The lowest BCUT2D eigenvalue weighted by molar-refractivity contribution is 0.316. The van der Waals surface area contributed by atoms with E-state index in [9.17, 15) is 5.11 Å². The van der Waals surface area contributed by atoms with Gasteiger partial charge >= 0.3 is 0 Å². The van der Waals surface area contributed by atoms with Crippen molar-refractivity contribution in [3.8, 4) is 22.6 Å². The molecule has 1 heterocycles. The number of nitrogens with zero attached hydrogens (tertiary/aromatic N) is 1. The Hall–Kier alpha value is -1.74. The average Bonchev–Trinajstić information content (AvgIpc) is 2.40. The first kappa shape index (κ1) is 12.7. The Kier molecular flexibility index (Phi) is 4.05. The molecule has 2 rings (SSSR count). The third-order valence-corrected chi connectivity index (χ3v) is 2.77. The summed E-state index contributed by atoms with van der Waals surface area (Å²) < 4.78 is 5.53. The first-order valence-electron chi connectivity index (χ1n) is 5.77. The van der Waals surface area contributed by atoms with Gasteiger partial charge in [-0.2, -0.15) is 0 Å². The van der Waals surface area contributed by atoms with E-state index < -0.39 is 0 Å². The van der Waals surface area contributed by atoms with E-state index in [1.165, 1.54) is 0 Å². The topological polar surface area (TPSA) is 42.4 Å². The molecule has 0 spiro atoms. The highest BCUT2D eigenvalue weighted by Gasteiger charge is 2.04. The molecule has 1 N–H and O–H groups in total. The van der Waals surface area contributed by atoms with Gasteiger partial charge in [-0.1, -0.05) is 24.6 Å². The van der Waals surface area contributed by atoms with Crippen LogP contribution in [0.25, 0.3) is 11.1 Å². The van der Waals surface area contributed by atoms with Crippen LogP contribution in [0.2, 0.25) is 5.02 Å². The molecule has 2 aromatic rings. The SMILES string of the molecule is CCCOc1cncc(-c2ccc(O)c(Cl)c2)c1. The van der Waals surface area contributed by atoms with Gasteiger partial charge in [0.15, 0.2) is 0 Å². The standard InChI is InChI=1S/C14H14ClNO2/c1-2-5-18-12-6-11(8-16-9-12)10-3-4-14(17)13(15)7-10/h3-4,6-9,17H,2,5H2,1H3. The van der Waals surface area contributed by atoms with Crippen LogP contribution in [-0.2, 0) is 0 Å². The third-order valence-electron chi connectivity index (χ3n) is 2.47. The summed E-state index contributed by atoms with van der Waals surface area (Å²) in [6.07, 6.45) is 4.37.